The molecule has 2 aromatic heterocycles. The third kappa shape index (κ3) is 3.44. The molecule has 0 aliphatic heterocycles. The van der Waals surface area contributed by atoms with Gasteiger partial charge in [-0.25, -0.2) is 17.9 Å². The molecule has 0 atom stereocenters. The van der Waals surface area contributed by atoms with E-state index >= 15 is 0 Å². The van der Waals surface area contributed by atoms with Gasteiger partial charge in [-0.3, -0.25) is 0 Å². The van der Waals surface area contributed by atoms with Gasteiger partial charge in [-0.15, -0.1) is 10.2 Å². The Balaban J connectivity index is 2.23. The fourth-order valence-corrected chi connectivity index (χ4v) is 2.75. The van der Waals surface area contributed by atoms with E-state index in [1.165, 1.54) is 10.8 Å². The lowest BCUT2D eigenvalue weighted by molar-refractivity contribution is 0.0685. The predicted molar refractivity (Wildman–Crippen MR) is 69.9 cm³/mol. The number of aromatic carboxylic acids is 1. The van der Waals surface area contributed by atoms with Crippen molar-refractivity contribution in [2.75, 3.05) is 0 Å². The molecule has 0 aromatic carbocycles. The molecule has 2 rings (SSSR count). The van der Waals surface area contributed by atoms with Crippen molar-refractivity contribution in [3.05, 3.63) is 23.8 Å². The van der Waals surface area contributed by atoms with E-state index in [2.05, 4.69) is 25.3 Å². The minimum Gasteiger partial charge on any atom is -0.477 e. The van der Waals surface area contributed by atoms with Crippen molar-refractivity contribution in [3.8, 4) is 0 Å². The zero-order valence-corrected chi connectivity index (χ0v) is 12.0. The molecular weight excluding hydrogens is 300 g/mol. The molecule has 11 heteroatoms. The van der Waals surface area contributed by atoms with Gasteiger partial charge >= 0.3 is 5.97 Å². The van der Waals surface area contributed by atoms with Crippen molar-refractivity contribution in [2.24, 2.45) is 0 Å². The van der Waals surface area contributed by atoms with Crippen LogP contribution >= 0.6 is 0 Å². The molecule has 114 valence electrons. The molecule has 0 aliphatic carbocycles. The number of carboxylic acid groups (broad SMARTS) is 1. The highest BCUT2D eigenvalue weighted by Crippen LogP contribution is 2.15. The Hall–Kier alpha value is -2.27. The van der Waals surface area contributed by atoms with Gasteiger partial charge in [0, 0.05) is 12.7 Å². The van der Waals surface area contributed by atoms with Crippen LogP contribution in [0, 0.1) is 0 Å². The minimum atomic E-state index is -3.85. The molecular formula is C10H14N6O4S. The first-order valence-corrected chi connectivity index (χ1v) is 7.58. The average Bonchev–Trinajstić information content (AvgIpc) is 3.06. The van der Waals surface area contributed by atoms with Gasteiger partial charge in [-0.2, -0.15) is 5.21 Å². The summed E-state index contributed by atoms with van der Waals surface area (Å²) in [5, 5.41) is 21.8. The lowest BCUT2D eigenvalue weighted by Gasteiger charge is -2.03. The molecule has 3 N–H and O–H groups in total. The van der Waals surface area contributed by atoms with Crippen molar-refractivity contribution in [1.29, 1.82) is 0 Å². The summed E-state index contributed by atoms with van der Waals surface area (Å²) in [5.41, 5.74) is -0.0724. The van der Waals surface area contributed by atoms with E-state index in [0.717, 1.165) is 6.07 Å². The summed E-state index contributed by atoms with van der Waals surface area (Å²) in [6.07, 6.45) is 1.98. The SMILES string of the molecule is CCCn1cc(S(=O)(=O)NCc2nn[nH]n2)cc1C(=O)O. The number of aromatic nitrogens is 5. The van der Waals surface area contributed by atoms with Crippen LogP contribution in [0.15, 0.2) is 17.2 Å². The lowest BCUT2D eigenvalue weighted by atomic mass is 10.4. The lowest BCUT2D eigenvalue weighted by Crippen LogP contribution is -2.23. The maximum absolute atomic E-state index is 12.1. The number of hydrogen-bond donors (Lipinski definition) is 3. The summed E-state index contributed by atoms with van der Waals surface area (Å²) in [5.74, 6) is -0.993. The Morgan fingerprint density at radius 3 is 2.86 bits per heavy atom. The normalized spacial score (nSPS) is 11.7. The summed E-state index contributed by atoms with van der Waals surface area (Å²) >= 11 is 0. The van der Waals surface area contributed by atoms with E-state index in [-0.39, 0.29) is 23.0 Å². The smallest absolute Gasteiger partial charge is 0.352 e. The molecule has 0 saturated heterocycles. The number of aromatic amines is 1. The first-order valence-electron chi connectivity index (χ1n) is 6.09. The average molecular weight is 314 g/mol. The van der Waals surface area contributed by atoms with Crippen LogP contribution in [-0.4, -0.2) is 44.7 Å². The molecule has 2 heterocycles. The second-order valence-corrected chi connectivity index (χ2v) is 5.98. The van der Waals surface area contributed by atoms with Gasteiger partial charge in [-0.1, -0.05) is 12.1 Å². The van der Waals surface area contributed by atoms with Crippen molar-refractivity contribution in [1.82, 2.24) is 29.9 Å². The first-order chi connectivity index (χ1) is 9.94. The van der Waals surface area contributed by atoms with Crippen LogP contribution in [-0.2, 0) is 23.1 Å². The quantitative estimate of drug-likeness (QED) is 0.630. The maximum atomic E-state index is 12.1. The molecule has 0 saturated carbocycles. The van der Waals surface area contributed by atoms with Crippen LogP contribution < -0.4 is 4.72 Å². The van der Waals surface area contributed by atoms with Crippen LogP contribution in [0.2, 0.25) is 0 Å². The van der Waals surface area contributed by atoms with E-state index in [1.807, 2.05) is 6.92 Å². The highest BCUT2D eigenvalue weighted by molar-refractivity contribution is 7.89. The highest BCUT2D eigenvalue weighted by Gasteiger charge is 2.21. The zero-order valence-electron chi connectivity index (χ0n) is 11.1. The molecule has 0 unspecified atom stereocenters. The van der Waals surface area contributed by atoms with Gasteiger partial charge in [-0.05, 0) is 12.5 Å². The van der Waals surface area contributed by atoms with Gasteiger partial charge < -0.3 is 9.67 Å². The minimum absolute atomic E-state index is 0.0724. The number of tetrazole rings is 1. The van der Waals surface area contributed by atoms with Gasteiger partial charge in [0.15, 0.2) is 5.82 Å². The zero-order chi connectivity index (χ0) is 15.5. The number of aryl methyl sites for hydroxylation is 1. The Bertz CT molecular complexity index is 721. The summed E-state index contributed by atoms with van der Waals surface area (Å²) in [7, 11) is -3.85. The van der Waals surface area contributed by atoms with Gasteiger partial charge in [0.25, 0.3) is 0 Å². The first kappa shape index (κ1) is 15.1. The number of carbonyl (C=O) groups is 1. The molecule has 0 radical (unpaired) electrons. The molecule has 0 bridgehead atoms. The maximum Gasteiger partial charge on any atom is 0.352 e. The second-order valence-electron chi connectivity index (χ2n) is 4.21. The number of carboxylic acids is 1. The van der Waals surface area contributed by atoms with Crippen LogP contribution in [0.4, 0.5) is 0 Å². The Morgan fingerprint density at radius 2 is 2.29 bits per heavy atom. The van der Waals surface area contributed by atoms with Crippen molar-refractivity contribution in [2.45, 2.75) is 31.3 Å². The Kier molecular flexibility index (Phi) is 4.33. The van der Waals surface area contributed by atoms with Gasteiger partial charge in [0.2, 0.25) is 10.0 Å². The monoisotopic (exact) mass is 314 g/mol. The number of hydrogen-bond acceptors (Lipinski definition) is 6. The predicted octanol–water partition coefficient (Wildman–Crippen LogP) is -0.412. The van der Waals surface area contributed by atoms with Crippen molar-refractivity contribution >= 4 is 16.0 Å². The number of nitrogens with one attached hydrogen (secondary N) is 2. The molecule has 10 nitrogen and oxygen atoms in total. The number of H-pyrrole nitrogens is 1. The summed E-state index contributed by atoms with van der Waals surface area (Å²) in [4.78, 5) is 11.0. The largest absolute Gasteiger partial charge is 0.477 e. The van der Waals surface area contributed by atoms with Gasteiger partial charge in [0.05, 0.1) is 6.54 Å². The summed E-state index contributed by atoms with van der Waals surface area (Å²) < 4.78 is 27.9. The Morgan fingerprint density at radius 1 is 1.52 bits per heavy atom. The van der Waals surface area contributed by atoms with E-state index < -0.39 is 16.0 Å². The molecule has 0 amide bonds. The molecule has 0 spiro atoms. The van der Waals surface area contributed by atoms with Crippen LogP contribution in [0.25, 0.3) is 0 Å². The summed E-state index contributed by atoms with van der Waals surface area (Å²) in [6.45, 7) is 2.15. The molecule has 21 heavy (non-hydrogen) atoms. The topological polar surface area (TPSA) is 143 Å². The fraction of sp³-hybridized carbons (Fsp3) is 0.400. The van der Waals surface area contributed by atoms with E-state index in [0.29, 0.717) is 13.0 Å². The second kappa shape index (κ2) is 6.01. The number of sulfonamides is 1. The third-order valence-electron chi connectivity index (χ3n) is 2.67. The Labute approximate surface area is 120 Å². The molecule has 2 aromatic rings. The van der Waals surface area contributed by atoms with Crippen molar-refractivity contribution < 1.29 is 18.3 Å². The van der Waals surface area contributed by atoms with Crippen LogP contribution in [0.5, 0.6) is 0 Å². The fourth-order valence-electron chi connectivity index (χ4n) is 1.74. The van der Waals surface area contributed by atoms with Gasteiger partial charge in [0.1, 0.15) is 10.6 Å². The molecule has 0 aliphatic rings. The highest BCUT2D eigenvalue weighted by atomic mass is 32.2. The van der Waals surface area contributed by atoms with E-state index in [4.69, 9.17) is 5.11 Å². The third-order valence-corrected chi connectivity index (χ3v) is 4.04. The van der Waals surface area contributed by atoms with E-state index in [1.54, 1.807) is 0 Å². The van der Waals surface area contributed by atoms with Crippen molar-refractivity contribution in [3.63, 3.8) is 0 Å². The standard InChI is InChI=1S/C10H14N6O4S/c1-2-3-16-6-7(4-8(16)10(17)18)21(19,20)11-5-9-12-14-15-13-9/h4,6,11H,2-3,5H2,1H3,(H,17,18)(H,12,13,14,15). The summed E-state index contributed by atoms with van der Waals surface area (Å²) in [6, 6.07) is 1.12. The van der Waals surface area contributed by atoms with E-state index in [9.17, 15) is 13.2 Å². The van der Waals surface area contributed by atoms with Crippen LogP contribution in [0.1, 0.15) is 29.7 Å². The van der Waals surface area contributed by atoms with Crippen LogP contribution in [0.3, 0.4) is 0 Å². The number of nitrogens with zero attached hydrogens (tertiary/aromatic N) is 4. The molecule has 0 fully saturated rings. The number of rotatable bonds is 7.